The molecule has 0 aliphatic rings. The zero-order chi connectivity index (χ0) is 14.8. The Hall–Kier alpha value is -1.92. The Labute approximate surface area is 116 Å². The zero-order valence-corrected chi connectivity index (χ0v) is 11.6. The molecule has 2 aromatic rings. The lowest BCUT2D eigenvalue weighted by Crippen LogP contribution is -2.14. The van der Waals surface area contributed by atoms with Crippen LogP contribution in [-0.4, -0.2) is 13.5 Å². The van der Waals surface area contributed by atoms with E-state index < -0.39 is 20.7 Å². The Bertz CT molecular complexity index is 729. The fourth-order valence-corrected chi connectivity index (χ4v) is 2.88. The van der Waals surface area contributed by atoms with Gasteiger partial charge in [0.05, 0.1) is 6.61 Å². The molecule has 6 heteroatoms. The first-order chi connectivity index (χ1) is 9.42. The highest BCUT2D eigenvalue weighted by molar-refractivity contribution is 7.92. The minimum Gasteiger partial charge on any atom is -0.392 e. The van der Waals surface area contributed by atoms with E-state index in [0.29, 0.717) is 11.1 Å². The highest BCUT2D eigenvalue weighted by Gasteiger charge is 2.19. The van der Waals surface area contributed by atoms with E-state index in [0.717, 1.165) is 0 Å². The largest absolute Gasteiger partial charge is 0.392 e. The van der Waals surface area contributed by atoms with Crippen molar-refractivity contribution in [2.24, 2.45) is 0 Å². The molecule has 0 bridgehead atoms. The van der Waals surface area contributed by atoms with Crippen LogP contribution in [0.3, 0.4) is 0 Å². The fourth-order valence-electron chi connectivity index (χ4n) is 1.77. The van der Waals surface area contributed by atoms with Crippen molar-refractivity contribution < 1.29 is 17.9 Å². The van der Waals surface area contributed by atoms with Gasteiger partial charge in [0.15, 0.2) is 0 Å². The van der Waals surface area contributed by atoms with Crippen LogP contribution in [0, 0.1) is 12.7 Å². The van der Waals surface area contributed by atoms with Gasteiger partial charge in [0, 0.05) is 5.69 Å². The van der Waals surface area contributed by atoms with E-state index in [2.05, 4.69) is 4.72 Å². The first kappa shape index (κ1) is 14.5. The molecule has 0 fully saturated rings. The first-order valence-corrected chi connectivity index (χ1v) is 7.39. The molecule has 4 nitrogen and oxygen atoms in total. The van der Waals surface area contributed by atoms with E-state index in [1.807, 2.05) is 0 Å². The minimum atomic E-state index is -3.99. The molecule has 0 aliphatic heterocycles. The molecule has 0 amide bonds. The van der Waals surface area contributed by atoms with E-state index in [1.165, 1.54) is 30.3 Å². The molecule has 106 valence electrons. The summed E-state index contributed by atoms with van der Waals surface area (Å²) in [6, 6.07) is 10.2. The maximum absolute atomic E-state index is 13.7. The van der Waals surface area contributed by atoms with Crippen LogP contribution >= 0.6 is 0 Å². The predicted octanol–water partition coefficient (Wildman–Crippen LogP) is 2.43. The quantitative estimate of drug-likeness (QED) is 0.910. The van der Waals surface area contributed by atoms with E-state index in [-0.39, 0.29) is 12.3 Å². The van der Waals surface area contributed by atoms with E-state index in [9.17, 15) is 12.8 Å². The number of nitrogens with one attached hydrogen (secondary N) is 1. The Morgan fingerprint density at radius 3 is 2.60 bits per heavy atom. The van der Waals surface area contributed by atoms with Gasteiger partial charge in [-0.2, -0.15) is 0 Å². The second-order valence-electron chi connectivity index (χ2n) is 4.40. The summed E-state index contributed by atoms with van der Waals surface area (Å²) in [5.41, 5.74) is 1.48. The van der Waals surface area contributed by atoms with Crippen molar-refractivity contribution in [1.29, 1.82) is 0 Å². The Kier molecular flexibility index (Phi) is 4.06. The first-order valence-electron chi connectivity index (χ1n) is 5.91. The van der Waals surface area contributed by atoms with Gasteiger partial charge < -0.3 is 5.11 Å². The van der Waals surface area contributed by atoms with Crippen LogP contribution in [0.4, 0.5) is 10.1 Å². The lowest BCUT2D eigenvalue weighted by Gasteiger charge is -2.10. The van der Waals surface area contributed by atoms with Gasteiger partial charge in [0.2, 0.25) is 0 Å². The average molecular weight is 295 g/mol. The van der Waals surface area contributed by atoms with Gasteiger partial charge in [-0.1, -0.05) is 18.2 Å². The summed E-state index contributed by atoms with van der Waals surface area (Å²) in [6.45, 7) is 1.48. The van der Waals surface area contributed by atoms with E-state index in [4.69, 9.17) is 5.11 Å². The maximum atomic E-state index is 13.7. The molecule has 0 saturated carbocycles. The summed E-state index contributed by atoms with van der Waals surface area (Å²) in [7, 11) is -3.99. The molecule has 0 atom stereocenters. The van der Waals surface area contributed by atoms with Crippen LogP contribution < -0.4 is 4.72 Å². The van der Waals surface area contributed by atoms with Crippen LogP contribution in [0.5, 0.6) is 0 Å². The molecule has 2 aromatic carbocycles. The summed E-state index contributed by atoms with van der Waals surface area (Å²) in [5.74, 6) is -0.796. The number of aliphatic hydroxyl groups excluding tert-OH is 1. The van der Waals surface area contributed by atoms with Gasteiger partial charge in [-0.25, -0.2) is 12.8 Å². The number of halogens is 1. The Morgan fingerprint density at radius 1 is 1.20 bits per heavy atom. The van der Waals surface area contributed by atoms with Crippen molar-refractivity contribution in [3.8, 4) is 0 Å². The molecular weight excluding hydrogens is 281 g/mol. The number of aliphatic hydroxyl groups is 1. The van der Waals surface area contributed by atoms with Gasteiger partial charge in [-0.15, -0.1) is 0 Å². The molecule has 0 spiro atoms. The van der Waals surface area contributed by atoms with E-state index >= 15 is 0 Å². The molecule has 0 radical (unpaired) electrons. The molecule has 0 saturated heterocycles. The van der Waals surface area contributed by atoms with E-state index in [1.54, 1.807) is 19.1 Å². The van der Waals surface area contributed by atoms with Crippen molar-refractivity contribution in [2.45, 2.75) is 18.4 Å². The summed E-state index contributed by atoms with van der Waals surface area (Å²) in [4.78, 5) is -0.405. The van der Waals surface area contributed by atoms with Crippen LogP contribution in [0.1, 0.15) is 11.1 Å². The fraction of sp³-hybridized carbons (Fsp3) is 0.143. The number of aryl methyl sites for hydroxylation is 1. The van der Waals surface area contributed by atoms with Crippen molar-refractivity contribution in [1.82, 2.24) is 0 Å². The lowest BCUT2D eigenvalue weighted by atomic mass is 10.2. The predicted molar refractivity (Wildman–Crippen MR) is 74.3 cm³/mol. The number of hydrogen-bond donors (Lipinski definition) is 2. The number of anilines is 1. The van der Waals surface area contributed by atoms with Gasteiger partial charge in [0.25, 0.3) is 10.0 Å². The van der Waals surface area contributed by atoms with Crippen LogP contribution in [-0.2, 0) is 16.6 Å². The second kappa shape index (κ2) is 5.60. The molecule has 2 rings (SSSR count). The Balaban J connectivity index is 2.35. The molecule has 2 N–H and O–H groups in total. The molecule has 0 unspecified atom stereocenters. The smallest absolute Gasteiger partial charge is 0.264 e. The average Bonchev–Trinajstić information content (AvgIpc) is 2.37. The van der Waals surface area contributed by atoms with Gasteiger partial charge >= 0.3 is 0 Å². The van der Waals surface area contributed by atoms with Crippen LogP contribution in [0.15, 0.2) is 47.4 Å². The highest BCUT2D eigenvalue weighted by Crippen LogP contribution is 2.20. The van der Waals surface area contributed by atoms with Crippen molar-refractivity contribution >= 4 is 15.7 Å². The monoisotopic (exact) mass is 295 g/mol. The third kappa shape index (κ3) is 3.15. The molecule has 0 heterocycles. The van der Waals surface area contributed by atoms with Gasteiger partial charge in [-0.05, 0) is 42.3 Å². The van der Waals surface area contributed by atoms with Crippen molar-refractivity contribution in [3.05, 3.63) is 59.4 Å². The minimum absolute atomic E-state index is 0.200. The highest BCUT2D eigenvalue weighted by atomic mass is 32.2. The van der Waals surface area contributed by atoms with Gasteiger partial charge in [-0.3, -0.25) is 4.72 Å². The Morgan fingerprint density at radius 2 is 1.95 bits per heavy atom. The summed E-state index contributed by atoms with van der Waals surface area (Å²) in [5, 5.41) is 9.01. The normalized spacial score (nSPS) is 11.3. The molecule has 20 heavy (non-hydrogen) atoms. The lowest BCUT2D eigenvalue weighted by molar-refractivity contribution is 0.282. The molecule has 0 aliphatic carbocycles. The van der Waals surface area contributed by atoms with Crippen LogP contribution in [0.25, 0.3) is 0 Å². The van der Waals surface area contributed by atoms with Crippen molar-refractivity contribution in [3.63, 3.8) is 0 Å². The third-order valence-electron chi connectivity index (χ3n) is 2.74. The SMILES string of the molecule is Cc1ccc(S(=O)(=O)Nc2cccc(CO)c2)c(F)c1. The standard InChI is InChI=1S/C14H14FNO3S/c1-10-5-6-14(13(15)7-10)20(18,19)16-12-4-2-3-11(8-12)9-17/h2-8,16-17H,9H2,1H3. The van der Waals surface area contributed by atoms with Crippen molar-refractivity contribution in [2.75, 3.05) is 4.72 Å². The van der Waals surface area contributed by atoms with Gasteiger partial charge in [0.1, 0.15) is 10.7 Å². The summed E-state index contributed by atoms with van der Waals surface area (Å²) < 4.78 is 40.3. The zero-order valence-electron chi connectivity index (χ0n) is 10.8. The molecular formula is C14H14FNO3S. The summed E-state index contributed by atoms with van der Waals surface area (Å²) in [6.07, 6.45) is 0. The molecule has 0 aromatic heterocycles. The number of sulfonamides is 1. The number of benzene rings is 2. The second-order valence-corrected chi connectivity index (χ2v) is 6.05. The maximum Gasteiger partial charge on any atom is 0.264 e. The third-order valence-corrected chi connectivity index (χ3v) is 4.15. The topological polar surface area (TPSA) is 66.4 Å². The summed E-state index contributed by atoms with van der Waals surface area (Å²) >= 11 is 0. The number of rotatable bonds is 4. The van der Waals surface area contributed by atoms with Crippen LogP contribution in [0.2, 0.25) is 0 Å². The number of hydrogen-bond acceptors (Lipinski definition) is 3.